The van der Waals surface area contributed by atoms with E-state index in [2.05, 4.69) is 27.1 Å². The molecule has 1 fully saturated rings. The summed E-state index contributed by atoms with van der Waals surface area (Å²) >= 11 is 0. The highest BCUT2D eigenvalue weighted by Crippen LogP contribution is 2.22. The van der Waals surface area contributed by atoms with Crippen LogP contribution in [0.5, 0.6) is 5.88 Å². The predicted octanol–water partition coefficient (Wildman–Crippen LogP) is 3.35. The molecule has 0 saturated carbocycles. The molecule has 1 atom stereocenters. The monoisotopic (exact) mass is 354 g/mol. The predicted molar refractivity (Wildman–Crippen MR) is 103 cm³/mol. The van der Waals surface area contributed by atoms with Crippen LogP contribution in [-0.4, -0.2) is 35.6 Å². The lowest BCUT2D eigenvalue weighted by Gasteiger charge is -2.31. The van der Waals surface area contributed by atoms with Crippen LogP contribution in [0.3, 0.4) is 0 Å². The smallest absolute Gasteiger partial charge is 0.262 e. The minimum atomic E-state index is -0.205. The van der Waals surface area contributed by atoms with Crippen LogP contribution in [0.4, 0.5) is 11.6 Å². The van der Waals surface area contributed by atoms with E-state index in [1.807, 2.05) is 38.1 Å². The van der Waals surface area contributed by atoms with E-state index in [4.69, 9.17) is 4.74 Å². The molecular formula is C20H26N4O2. The number of nitrogens with one attached hydrogen (secondary N) is 1. The molecule has 0 aliphatic carbocycles. The highest BCUT2D eigenvalue weighted by Gasteiger charge is 2.19. The van der Waals surface area contributed by atoms with Crippen molar-refractivity contribution in [1.29, 1.82) is 0 Å². The number of anilines is 2. The standard InChI is InChI=1S/C20H26N4O2/c1-14-7-6-10-24(12-14)20-21-16(3)11-19(23-20)26-13-18(25)22-17-9-5-4-8-15(17)2/h4-5,8-9,11,14H,6-7,10,12-13H2,1-3H3,(H,22,25)/t14-/m0/s1. The lowest BCUT2D eigenvalue weighted by Crippen LogP contribution is -2.35. The quantitative estimate of drug-likeness (QED) is 0.892. The van der Waals surface area contributed by atoms with Crippen LogP contribution in [0.25, 0.3) is 0 Å². The zero-order chi connectivity index (χ0) is 18.5. The first-order valence-corrected chi connectivity index (χ1v) is 9.10. The van der Waals surface area contributed by atoms with Crippen LogP contribution in [-0.2, 0) is 4.79 Å². The maximum atomic E-state index is 12.2. The van der Waals surface area contributed by atoms with Gasteiger partial charge >= 0.3 is 0 Å². The van der Waals surface area contributed by atoms with Crippen molar-refractivity contribution in [1.82, 2.24) is 9.97 Å². The molecule has 1 amide bonds. The number of carbonyl (C=O) groups excluding carboxylic acids is 1. The van der Waals surface area contributed by atoms with Gasteiger partial charge in [-0.25, -0.2) is 4.98 Å². The first-order chi connectivity index (χ1) is 12.5. The van der Waals surface area contributed by atoms with Gasteiger partial charge in [0.05, 0.1) is 0 Å². The molecule has 0 bridgehead atoms. The molecule has 2 aromatic rings. The van der Waals surface area contributed by atoms with E-state index < -0.39 is 0 Å². The summed E-state index contributed by atoms with van der Waals surface area (Å²) in [5.74, 6) is 1.55. The average Bonchev–Trinajstić information content (AvgIpc) is 2.61. The Kier molecular flexibility index (Phi) is 5.71. The number of piperidine rings is 1. The molecule has 0 unspecified atom stereocenters. The summed E-state index contributed by atoms with van der Waals surface area (Å²) in [7, 11) is 0. The molecule has 1 N–H and O–H groups in total. The van der Waals surface area contributed by atoms with Crippen LogP contribution < -0.4 is 15.0 Å². The van der Waals surface area contributed by atoms with Crippen LogP contribution in [0.2, 0.25) is 0 Å². The second-order valence-corrected chi connectivity index (χ2v) is 6.99. The largest absolute Gasteiger partial charge is 0.467 e. The molecule has 0 spiro atoms. The van der Waals surface area contributed by atoms with Crippen molar-refractivity contribution in [3.63, 3.8) is 0 Å². The number of carbonyl (C=O) groups is 1. The van der Waals surface area contributed by atoms with Gasteiger partial charge in [-0.05, 0) is 44.2 Å². The number of hydrogen-bond donors (Lipinski definition) is 1. The van der Waals surface area contributed by atoms with Gasteiger partial charge in [0, 0.05) is 30.5 Å². The first-order valence-electron chi connectivity index (χ1n) is 9.10. The molecule has 138 valence electrons. The zero-order valence-corrected chi connectivity index (χ0v) is 15.7. The summed E-state index contributed by atoms with van der Waals surface area (Å²) in [5.41, 5.74) is 2.64. The van der Waals surface area contributed by atoms with Gasteiger partial charge in [0.1, 0.15) is 0 Å². The minimum absolute atomic E-state index is 0.0827. The second-order valence-electron chi connectivity index (χ2n) is 6.99. The van der Waals surface area contributed by atoms with Crippen molar-refractivity contribution in [3.8, 4) is 5.88 Å². The van der Waals surface area contributed by atoms with E-state index >= 15 is 0 Å². The summed E-state index contributed by atoms with van der Waals surface area (Å²) in [6.07, 6.45) is 2.39. The molecule has 0 radical (unpaired) electrons. The number of hydrogen-bond acceptors (Lipinski definition) is 5. The lowest BCUT2D eigenvalue weighted by molar-refractivity contribution is -0.118. The van der Waals surface area contributed by atoms with Gasteiger partial charge in [-0.1, -0.05) is 25.1 Å². The Bertz CT molecular complexity index is 778. The van der Waals surface area contributed by atoms with Crippen LogP contribution in [0, 0.1) is 19.8 Å². The number of nitrogens with zero attached hydrogens (tertiary/aromatic N) is 3. The normalized spacial score (nSPS) is 17.0. The number of benzene rings is 1. The van der Waals surface area contributed by atoms with Gasteiger partial charge in [0.2, 0.25) is 11.8 Å². The number of para-hydroxylation sites is 1. The number of aryl methyl sites for hydroxylation is 2. The summed E-state index contributed by atoms with van der Waals surface area (Å²) in [4.78, 5) is 23.4. The minimum Gasteiger partial charge on any atom is -0.467 e. The van der Waals surface area contributed by atoms with Gasteiger partial charge in [0.15, 0.2) is 6.61 Å². The Labute approximate surface area is 154 Å². The van der Waals surface area contributed by atoms with E-state index in [0.29, 0.717) is 17.7 Å². The van der Waals surface area contributed by atoms with Crippen molar-refractivity contribution < 1.29 is 9.53 Å². The van der Waals surface area contributed by atoms with Crippen molar-refractivity contribution >= 4 is 17.5 Å². The molecule has 1 aliphatic rings. The van der Waals surface area contributed by atoms with Crippen molar-refractivity contribution in [2.24, 2.45) is 5.92 Å². The number of amides is 1. The Morgan fingerprint density at radius 1 is 1.31 bits per heavy atom. The van der Waals surface area contributed by atoms with Crippen LogP contribution in [0.15, 0.2) is 30.3 Å². The molecule has 1 aromatic carbocycles. The summed E-state index contributed by atoms with van der Waals surface area (Å²) in [6.45, 7) is 7.95. The molecule has 3 rings (SSSR count). The molecule has 26 heavy (non-hydrogen) atoms. The van der Waals surface area contributed by atoms with E-state index in [9.17, 15) is 4.79 Å². The summed E-state index contributed by atoms with van der Waals surface area (Å²) in [5, 5.41) is 2.86. The maximum absolute atomic E-state index is 12.2. The topological polar surface area (TPSA) is 67.3 Å². The SMILES string of the molecule is Cc1cc(OCC(=O)Nc2ccccc2C)nc(N2CCC[C@H](C)C2)n1. The Hall–Kier alpha value is -2.63. The molecule has 6 heteroatoms. The van der Waals surface area contributed by atoms with Crippen LogP contribution >= 0.6 is 0 Å². The van der Waals surface area contributed by atoms with Gasteiger partial charge in [-0.2, -0.15) is 4.98 Å². The number of rotatable bonds is 5. The maximum Gasteiger partial charge on any atom is 0.262 e. The zero-order valence-electron chi connectivity index (χ0n) is 15.7. The van der Waals surface area contributed by atoms with E-state index in [0.717, 1.165) is 36.5 Å². The van der Waals surface area contributed by atoms with Crippen molar-refractivity contribution in [2.75, 3.05) is 29.9 Å². The highest BCUT2D eigenvalue weighted by atomic mass is 16.5. The fraction of sp³-hybridized carbons (Fsp3) is 0.450. The van der Waals surface area contributed by atoms with Gasteiger partial charge in [-0.3, -0.25) is 4.79 Å². The third kappa shape index (κ3) is 4.71. The number of aromatic nitrogens is 2. The third-order valence-electron chi connectivity index (χ3n) is 4.53. The molecule has 1 aromatic heterocycles. The lowest BCUT2D eigenvalue weighted by atomic mass is 10.0. The second kappa shape index (κ2) is 8.17. The first kappa shape index (κ1) is 18.2. The third-order valence-corrected chi connectivity index (χ3v) is 4.53. The van der Waals surface area contributed by atoms with Crippen molar-refractivity contribution in [3.05, 3.63) is 41.6 Å². The van der Waals surface area contributed by atoms with Crippen molar-refractivity contribution in [2.45, 2.75) is 33.6 Å². The highest BCUT2D eigenvalue weighted by molar-refractivity contribution is 5.92. The van der Waals surface area contributed by atoms with E-state index in [-0.39, 0.29) is 12.5 Å². The Balaban J connectivity index is 1.62. The molecule has 2 heterocycles. The summed E-state index contributed by atoms with van der Waals surface area (Å²) in [6, 6.07) is 9.42. The molecule has 1 aliphatic heterocycles. The van der Waals surface area contributed by atoms with Gasteiger partial charge in [0.25, 0.3) is 5.91 Å². The van der Waals surface area contributed by atoms with E-state index in [1.54, 1.807) is 6.07 Å². The Morgan fingerprint density at radius 3 is 2.88 bits per heavy atom. The van der Waals surface area contributed by atoms with Gasteiger partial charge in [-0.15, -0.1) is 0 Å². The van der Waals surface area contributed by atoms with E-state index in [1.165, 1.54) is 6.42 Å². The molecule has 6 nitrogen and oxygen atoms in total. The van der Waals surface area contributed by atoms with Crippen LogP contribution in [0.1, 0.15) is 31.0 Å². The fourth-order valence-corrected chi connectivity index (χ4v) is 3.15. The van der Waals surface area contributed by atoms with Gasteiger partial charge < -0.3 is 15.0 Å². The molecular weight excluding hydrogens is 328 g/mol. The fourth-order valence-electron chi connectivity index (χ4n) is 3.15. The molecule has 1 saturated heterocycles. The summed E-state index contributed by atoms with van der Waals surface area (Å²) < 4.78 is 5.63. The average molecular weight is 354 g/mol. The Morgan fingerprint density at radius 2 is 2.12 bits per heavy atom. The number of ether oxygens (including phenoxy) is 1.